The number of nitrogens with zero attached hydrogens (tertiary/aromatic N) is 2. The Morgan fingerprint density at radius 2 is 2.06 bits per heavy atom. The number of ether oxygens (including phenoxy) is 1. The Labute approximate surface area is 98.0 Å². The average Bonchev–Trinajstić information content (AvgIpc) is 2.49. The van der Waals surface area contributed by atoms with Gasteiger partial charge in [0.1, 0.15) is 0 Å². The zero-order chi connectivity index (χ0) is 12.0. The second-order valence-corrected chi connectivity index (χ2v) is 4.15. The maximum atomic E-state index is 5.01. The molecular formula is C12H23N3O. The van der Waals surface area contributed by atoms with Gasteiger partial charge in [-0.3, -0.25) is 4.68 Å². The fourth-order valence-electron chi connectivity index (χ4n) is 1.78. The predicted molar refractivity (Wildman–Crippen MR) is 65.5 cm³/mol. The quantitative estimate of drug-likeness (QED) is 0.716. The molecule has 4 heteroatoms. The van der Waals surface area contributed by atoms with E-state index in [2.05, 4.69) is 24.3 Å². The third kappa shape index (κ3) is 3.61. The summed E-state index contributed by atoms with van der Waals surface area (Å²) >= 11 is 0. The van der Waals surface area contributed by atoms with Crippen LogP contribution in [0.15, 0.2) is 0 Å². The van der Waals surface area contributed by atoms with Crippen molar-refractivity contribution in [2.24, 2.45) is 7.05 Å². The molecule has 0 amide bonds. The molecule has 1 heterocycles. The number of unbranched alkanes of at least 4 members (excludes halogenated alkanes) is 1. The van der Waals surface area contributed by atoms with Crippen LogP contribution in [0.2, 0.25) is 0 Å². The van der Waals surface area contributed by atoms with Crippen molar-refractivity contribution in [3.8, 4) is 0 Å². The van der Waals surface area contributed by atoms with Crippen LogP contribution < -0.4 is 5.32 Å². The molecule has 1 rings (SSSR count). The van der Waals surface area contributed by atoms with E-state index >= 15 is 0 Å². The second-order valence-electron chi connectivity index (χ2n) is 4.15. The highest BCUT2D eigenvalue weighted by Crippen LogP contribution is 2.10. The van der Waals surface area contributed by atoms with Crippen molar-refractivity contribution in [2.75, 3.05) is 20.3 Å². The minimum Gasteiger partial charge on any atom is -0.385 e. The van der Waals surface area contributed by atoms with Gasteiger partial charge in [0.05, 0.1) is 5.69 Å². The Kier molecular flexibility index (Phi) is 5.49. The summed E-state index contributed by atoms with van der Waals surface area (Å²) < 4.78 is 6.95. The molecule has 0 radical (unpaired) electrons. The molecule has 0 aliphatic rings. The van der Waals surface area contributed by atoms with Crippen LogP contribution in [0.25, 0.3) is 0 Å². The molecule has 0 aromatic carbocycles. The number of nitrogens with one attached hydrogen (secondary N) is 1. The van der Waals surface area contributed by atoms with Crippen LogP contribution in [0, 0.1) is 13.8 Å². The first-order chi connectivity index (χ1) is 7.66. The third-order valence-corrected chi connectivity index (χ3v) is 2.91. The average molecular weight is 225 g/mol. The van der Waals surface area contributed by atoms with Crippen LogP contribution in [0.4, 0.5) is 0 Å². The fraction of sp³-hybridized carbons (Fsp3) is 0.750. The van der Waals surface area contributed by atoms with Crippen LogP contribution >= 0.6 is 0 Å². The number of aryl methyl sites for hydroxylation is 2. The fourth-order valence-corrected chi connectivity index (χ4v) is 1.78. The second kappa shape index (κ2) is 6.66. The van der Waals surface area contributed by atoms with Crippen LogP contribution in [0.1, 0.15) is 29.8 Å². The SMILES string of the molecule is COCCCCNCc1c(C)nn(C)c1C. The van der Waals surface area contributed by atoms with Crippen LogP contribution in [0.3, 0.4) is 0 Å². The van der Waals surface area contributed by atoms with E-state index in [9.17, 15) is 0 Å². The van der Waals surface area contributed by atoms with Crippen molar-refractivity contribution in [2.45, 2.75) is 33.2 Å². The molecule has 1 N–H and O–H groups in total. The summed E-state index contributed by atoms with van der Waals surface area (Å²) in [5.41, 5.74) is 3.71. The molecule has 0 atom stereocenters. The van der Waals surface area contributed by atoms with E-state index in [-0.39, 0.29) is 0 Å². The molecule has 0 saturated heterocycles. The highest BCUT2D eigenvalue weighted by Gasteiger charge is 2.07. The van der Waals surface area contributed by atoms with Crippen molar-refractivity contribution in [3.63, 3.8) is 0 Å². The maximum absolute atomic E-state index is 5.01. The Bertz CT molecular complexity index is 320. The number of aromatic nitrogens is 2. The lowest BCUT2D eigenvalue weighted by atomic mass is 10.2. The van der Waals surface area contributed by atoms with E-state index in [4.69, 9.17) is 4.74 Å². The molecule has 0 aliphatic carbocycles. The van der Waals surface area contributed by atoms with Crippen molar-refractivity contribution >= 4 is 0 Å². The largest absolute Gasteiger partial charge is 0.385 e. The van der Waals surface area contributed by atoms with Gasteiger partial charge < -0.3 is 10.1 Å². The summed E-state index contributed by atoms with van der Waals surface area (Å²) in [6.45, 7) is 6.99. The molecular weight excluding hydrogens is 202 g/mol. The Hall–Kier alpha value is -0.870. The van der Waals surface area contributed by atoms with Gasteiger partial charge in [0.25, 0.3) is 0 Å². The van der Waals surface area contributed by atoms with Crippen molar-refractivity contribution < 1.29 is 4.74 Å². The van der Waals surface area contributed by atoms with Crippen LogP contribution in [-0.2, 0) is 18.3 Å². The number of hydrogen-bond donors (Lipinski definition) is 1. The van der Waals surface area contributed by atoms with Gasteiger partial charge >= 0.3 is 0 Å². The zero-order valence-corrected chi connectivity index (χ0v) is 10.8. The molecule has 0 unspecified atom stereocenters. The predicted octanol–water partition coefficient (Wildman–Crippen LogP) is 1.55. The number of rotatable bonds is 7. The van der Waals surface area contributed by atoms with E-state index in [1.807, 2.05) is 11.7 Å². The molecule has 0 saturated carbocycles. The van der Waals surface area contributed by atoms with Gasteiger partial charge in [-0.1, -0.05) is 0 Å². The highest BCUT2D eigenvalue weighted by molar-refractivity contribution is 5.23. The summed E-state index contributed by atoms with van der Waals surface area (Å²) in [5, 5.41) is 7.84. The molecule has 0 spiro atoms. The number of hydrogen-bond acceptors (Lipinski definition) is 3. The van der Waals surface area contributed by atoms with E-state index in [1.54, 1.807) is 7.11 Å². The lowest BCUT2D eigenvalue weighted by Crippen LogP contribution is -2.16. The normalized spacial score (nSPS) is 11.0. The van der Waals surface area contributed by atoms with E-state index < -0.39 is 0 Å². The monoisotopic (exact) mass is 225 g/mol. The van der Waals surface area contributed by atoms with Gasteiger partial charge in [0.15, 0.2) is 0 Å². The van der Waals surface area contributed by atoms with E-state index in [0.29, 0.717) is 0 Å². The third-order valence-electron chi connectivity index (χ3n) is 2.91. The standard InChI is InChI=1S/C12H23N3O/c1-10-12(11(2)15(3)14-10)9-13-7-5-6-8-16-4/h13H,5-9H2,1-4H3. The van der Waals surface area contributed by atoms with E-state index in [1.165, 1.54) is 11.3 Å². The summed E-state index contributed by atoms with van der Waals surface area (Å²) in [6, 6.07) is 0. The summed E-state index contributed by atoms with van der Waals surface area (Å²) in [7, 11) is 3.74. The minimum absolute atomic E-state index is 0.854. The van der Waals surface area contributed by atoms with Gasteiger partial charge in [0, 0.05) is 38.6 Å². The molecule has 4 nitrogen and oxygen atoms in total. The van der Waals surface area contributed by atoms with Crippen molar-refractivity contribution in [1.82, 2.24) is 15.1 Å². The smallest absolute Gasteiger partial charge is 0.0641 e. The maximum Gasteiger partial charge on any atom is 0.0641 e. The molecule has 1 aromatic rings. The molecule has 92 valence electrons. The molecule has 0 fully saturated rings. The van der Waals surface area contributed by atoms with Crippen LogP contribution in [-0.4, -0.2) is 30.0 Å². The minimum atomic E-state index is 0.854. The van der Waals surface area contributed by atoms with Crippen molar-refractivity contribution in [1.29, 1.82) is 0 Å². The van der Waals surface area contributed by atoms with Gasteiger partial charge in [-0.15, -0.1) is 0 Å². The molecule has 0 aliphatic heterocycles. The van der Waals surface area contributed by atoms with Gasteiger partial charge in [-0.2, -0.15) is 5.10 Å². The summed E-state index contributed by atoms with van der Waals surface area (Å²) in [6.07, 6.45) is 2.28. The first kappa shape index (κ1) is 13.2. The molecule has 1 aromatic heterocycles. The van der Waals surface area contributed by atoms with Gasteiger partial charge in [-0.05, 0) is 33.2 Å². The highest BCUT2D eigenvalue weighted by atomic mass is 16.5. The lowest BCUT2D eigenvalue weighted by Gasteiger charge is -2.05. The Morgan fingerprint density at radius 1 is 1.31 bits per heavy atom. The number of methoxy groups -OCH3 is 1. The molecule has 16 heavy (non-hydrogen) atoms. The first-order valence-electron chi connectivity index (χ1n) is 5.85. The lowest BCUT2D eigenvalue weighted by molar-refractivity contribution is 0.192. The van der Waals surface area contributed by atoms with Crippen molar-refractivity contribution in [3.05, 3.63) is 17.0 Å². The summed E-state index contributed by atoms with van der Waals surface area (Å²) in [4.78, 5) is 0. The van der Waals surface area contributed by atoms with Crippen LogP contribution in [0.5, 0.6) is 0 Å². The van der Waals surface area contributed by atoms with Gasteiger partial charge in [-0.25, -0.2) is 0 Å². The Morgan fingerprint density at radius 3 is 2.62 bits per heavy atom. The van der Waals surface area contributed by atoms with Gasteiger partial charge in [0.2, 0.25) is 0 Å². The zero-order valence-electron chi connectivity index (χ0n) is 10.8. The van der Waals surface area contributed by atoms with E-state index in [0.717, 1.165) is 38.2 Å². The molecule has 0 bridgehead atoms. The first-order valence-corrected chi connectivity index (χ1v) is 5.85. The Balaban J connectivity index is 2.26. The topological polar surface area (TPSA) is 39.1 Å². The summed E-state index contributed by atoms with van der Waals surface area (Å²) in [5.74, 6) is 0.